The predicted molar refractivity (Wildman–Crippen MR) is 101 cm³/mol. The number of para-hydroxylation sites is 1. The van der Waals surface area contributed by atoms with Gasteiger partial charge in [-0.1, -0.05) is 56.3 Å². The van der Waals surface area contributed by atoms with E-state index in [1.54, 1.807) is 12.1 Å². The summed E-state index contributed by atoms with van der Waals surface area (Å²) >= 11 is 5.38. The Morgan fingerprint density at radius 1 is 1.08 bits per heavy atom. The van der Waals surface area contributed by atoms with Crippen molar-refractivity contribution in [3.8, 4) is 23.0 Å². The number of nitrogens with zero attached hydrogens (tertiary/aromatic N) is 2. The van der Waals surface area contributed by atoms with Crippen LogP contribution in [0.15, 0.2) is 59.4 Å². The smallest absolute Gasteiger partial charge is 0.277 e. The van der Waals surface area contributed by atoms with Crippen LogP contribution in [0.3, 0.4) is 0 Å². The summed E-state index contributed by atoms with van der Waals surface area (Å²) in [7, 11) is 0. The molecule has 0 aliphatic heterocycles. The molecule has 4 nitrogen and oxygen atoms in total. The Labute approximate surface area is 151 Å². The average molecular weight is 347 g/mol. The van der Waals surface area contributed by atoms with E-state index in [-0.39, 0.29) is 10.3 Å². The van der Waals surface area contributed by atoms with Crippen LogP contribution in [-0.2, 0) is 0 Å². The summed E-state index contributed by atoms with van der Waals surface area (Å²) < 4.78 is 1.61. The number of nitriles is 1. The molecule has 25 heavy (non-hydrogen) atoms. The molecule has 0 bridgehead atoms. The summed E-state index contributed by atoms with van der Waals surface area (Å²) in [5, 5.41) is 9.55. The normalized spacial score (nSPS) is 10.6. The van der Waals surface area contributed by atoms with Crippen molar-refractivity contribution in [1.29, 1.82) is 5.26 Å². The number of aromatic amines is 1. The lowest BCUT2D eigenvalue weighted by atomic mass is 9.99. The fourth-order valence-electron chi connectivity index (χ4n) is 2.70. The number of H-pyrrole nitrogens is 1. The summed E-state index contributed by atoms with van der Waals surface area (Å²) in [6, 6.07) is 18.9. The Kier molecular flexibility index (Phi) is 4.64. The highest BCUT2D eigenvalue weighted by molar-refractivity contribution is 7.71. The van der Waals surface area contributed by atoms with Crippen molar-refractivity contribution in [3.05, 3.63) is 80.8 Å². The van der Waals surface area contributed by atoms with Gasteiger partial charge in [0.2, 0.25) is 0 Å². The number of rotatable bonds is 3. The van der Waals surface area contributed by atoms with Crippen molar-refractivity contribution in [2.24, 2.45) is 0 Å². The monoisotopic (exact) mass is 347 g/mol. The molecule has 0 spiro atoms. The lowest BCUT2D eigenvalue weighted by Gasteiger charge is -2.11. The van der Waals surface area contributed by atoms with Gasteiger partial charge in [-0.3, -0.25) is 9.36 Å². The maximum absolute atomic E-state index is 12.8. The van der Waals surface area contributed by atoms with Crippen molar-refractivity contribution < 1.29 is 0 Å². The van der Waals surface area contributed by atoms with Crippen LogP contribution in [0.1, 0.15) is 30.9 Å². The van der Waals surface area contributed by atoms with E-state index in [4.69, 9.17) is 12.2 Å². The van der Waals surface area contributed by atoms with Crippen molar-refractivity contribution in [2.45, 2.75) is 19.8 Å². The Balaban J connectivity index is 2.22. The topological polar surface area (TPSA) is 61.6 Å². The zero-order valence-corrected chi connectivity index (χ0v) is 14.8. The highest BCUT2D eigenvalue weighted by Gasteiger charge is 2.15. The van der Waals surface area contributed by atoms with E-state index in [2.05, 4.69) is 18.8 Å². The average Bonchev–Trinajstić information content (AvgIpc) is 2.62. The minimum atomic E-state index is -0.416. The van der Waals surface area contributed by atoms with Crippen LogP contribution in [0.25, 0.3) is 16.9 Å². The first-order valence-electron chi connectivity index (χ1n) is 7.98. The predicted octanol–water partition coefficient (Wildman–Crippen LogP) is 4.56. The first kappa shape index (κ1) is 16.9. The molecule has 124 valence electrons. The standard InChI is InChI=1S/C20H17N3OS/c1-13(2)14-8-10-15(11-9-14)18-17(12-21)19(24)23(20(25)22-18)16-6-4-3-5-7-16/h3-11,13H,1-2H3,(H,22,25). The second kappa shape index (κ2) is 6.88. The number of aromatic nitrogens is 2. The molecule has 0 saturated heterocycles. The summed E-state index contributed by atoms with van der Waals surface area (Å²) in [4.78, 5) is 15.9. The maximum atomic E-state index is 12.8. The highest BCUT2D eigenvalue weighted by atomic mass is 32.1. The van der Waals surface area contributed by atoms with Gasteiger partial charge in [0.1, 0.15) is 11.6 Å². The quantitative estimate of drug-likeness (QED) is 0.707. The zero-order chi connectivity index (χ0) is 18.0. The van der Waals surface area contributed by atoms with Gasteiger partial charge >= 0.3 is 0 Å². The van der Waals surface area contributed by atoms with E-state index in [1.165, 1.54) is 10.1 Å². The Hall–Kier alpha value is -2.97. The van der Waals surface area contributed by atoms with Crippen LogP contribution in [0, 0.1) is 16.1 Å². The van der Waals surface area contributed by atoms with E-state index >= 15 is 0 Å². The lowest BCUT2D eigenvalue weighted by molar-refractivity contribution is 0.866. The molecule has 0 saturated carbocycles. The SMILES string of the molecule is CC(C)c1ccc(-c2[nH]c(=S)n(-c3ccccc3)c(=O)c2C#N)cc1. The third kappa shape index (κ3) is 3.17. The van der Waals surface area contributed by atoms with Gasteiger partial charge in [-0.2, -0.15) is 5.26 Å². The van der Waals surface area contributed by atoms with Crippen LogP contribution in [0.4, 0.5) is 0 Å². The number of benzene rings is 2. The van der Waals surface area contributed by atoms with Crippen LogP contribution < -0.4 is 5.56 Å². The highest BCUT2D eigenvalue weighted by Crippen LogP contribution is 2.23. The van der Waals surface area contributed by atoms with E-state index in [0.717, 1.165) is 5.56 Å². The third-order valence-electron chi connectivity index (χ3n) is 4.09. The minimum Gasteiger partial charge on any atom is -0.330 e. The fraction of sp³-hybridized carbons (Fsp3) is 0.150. The summed E-state index contributed by atoms with van der Waals surface area (Å²) in [5.74, 6) is 0.411. The Morgan fingerprint density at radius 3 is 2.28 bits per heavy atom. The second-order valence-electron chi connectivity index (χ2n) is 6.04. The molecular formula is C20H17N3OS. The Bertz CT molecular complexity index is 1060. The van der Waals surface area contributed by atoms with Crippen LogP contribution >= 0.6 is 12.2 Å². The van der Waals surface area contributed by atoms with Gasteiger partial charge in [-0.05, 0) is 41.4 Å². The van der Waals surface area contributed by atoms with Crippen molar-refractivity contribution >= 4 is 12.2 Å². The molecule has 1 N–H and O–H groups in total. The largest absolute Gasteiger partial charge is 0.330 e. The molecule has 2 aromatic carbocycles. The van der Waals surface area contributed by atoms with E-state index in [0.29, 0.717) is 17.3 Å². The van der Waals surface area contributed by atoms with Crippen LogP contribution in [0.5, 0.6) is 0 Å². The van der Waals surface area contributed by atoms with E-state index in [1.807, 2.05) is 48.5 Å². The molecule has 0 amide bonds. The molecule has 1 heterocycles. The molecule has 0 unspecified atom stereocenters. The lowest BCUT2D eigenvalue weighted by Crippen LogP contribution is -2.24. The molecule has 0 aliphatic carbocycles. The molecule has 5 heteroatoms. The van der Waals surface area contributed by atoms with Gasteiger partial charge in [0.05, 0.1) is 11.4 Å². The molecule has 0 radical (unpaired) electrons. The molecule has 3 rings (SSSR count). The number of hydrogen-bond acceptors (Lipinski definition) is 3. The van der Waals surface area contributed by atoms with E-state index < -0.39 is 5.56 Å². The van der Waals surface area contributed by atoms with Crippen LogP contribution in [-0.4, -0.2) is 9.55 Å². The van der Waals surface area contributed by atoms with Gasteiger partial charge in [0.15, 0.2) is 4.77 Å². The van der Waals surface area contributed by atoms with Gasteiger partial charge in [-0.15, -0.1) is 0 Å². The Morgan fingerprint density at radius 2 is 1.72 bits per heavy atom. The first-order chi connectivity index (χ1) is 12.0. The first-order valence-corrected chi connectivity index (χ1v) is 8.39. The molecule has 3 aromatic rings. The van der Waals surface area contributed by atoms with Crippen molar-refractivity contribution in [3.63, 3.8) is 0 Å². The molecule has 0 atom stereocenters. The molecule has 0 aliphatic rings. The summed E-state index contributed by atoms with van der Waals surface area (Å²) in [5.41, 5.74) is 2.69. The van der Waals surface area contributed by atoms with Gasteiger partial charge in [0, 0.05) is 0 Å². The third-order valence-corrected chi connectivity index (χ3v) is 4.38. The van der Waals surface area contributed by atoms with Crippen LogP contribution in [0.2, 0.25) is 0 Å². The fourth-order valence-corrected chi connectivity index (χ4v) is 2.99. The number of nitrogens with one attached hydrogen (secondary N) is 1. The zero-order valence-electron chi connectivity index (χ0n) is 14.0. The van der Waals surface area contributed by atoms with Gasteiger partial charge < -0.3 is 4.98 Å². The molecule has 0 fully saturated rings. The summed E-state index contributed by atoms with van der Waals surface area (Å²) in [6.07, 6.45) is 0. The van der Waals surface area contributed by atoms with E-state index in [9.17, 15) is 10.1 Å². The minimum absolute atomic E-state index is 0.0507. The van der Waals surface area contributed by atoms with Gasteiger partial charge in [-0.25, -0.2) is 0 Å². The summed E-state index contributed by atoms with van der Waals surface area (Å²) in [6.45, 7) is 4.23. The maximum Gasteiger partial charge on any atom is 0.277 e. The van der Waals surface area contributed by atoms with Crippen molar-refractivity contribution in [2.75, 3.05) is 0 Å². The van der Waals surface area contributed by atoms with Gasteiger partial charge in [0.25, 0.3) is 5.56 Å². The number of hydrogen-bond donors (Lipinski definition) is 1. The molecule has 1 aromatic heterocycles. The van der Waals surface area contributed by atoms with Crippen molar-refractivity contribution in [1.82, 2.24) is 9.55 Å². The molecular weight excluding hydrogens is 330 g/mol. The second-order valence-corrected chi connectivity index (χ2v) is 6.43.